The number of carbonyl (C=O) groups excluding carboxylic acids is 1. The van der Waals surface area contributed by atoms with Crippen LogP contribution in [-0.4, -0.2) is 48.7 Å². The maximum atomic E-state index is 12.3. The lowest BCUT2D eigenvalue weighted by Gasteiger charge is -2.27. The third-order valence-electron chi connectivity index (χ3n) is 3.13. The molecule has 0 bridgehead atoms. The Morgan fingerprint density at radius 2 is 2.10 bits per heavy atom. The largest absolute Gasteiger partial charge is 0.379 e. The van der Waals surface area contributed by atoms with Gasteiger partial charge >= 0.3 is 0 Å². The molecule has 20 heavy (non-hydrogen) atoms. The van der Waals surface area contributed by atoms with Crippen LogP contribution in [-0.2, 0) is 11.2 Å². The van der Waals surface area contributed by atoms with Crippen molar-refractivity contribution in [1.29, 1.82) is 0 Å². The van der Waals surface area contributed by atoms with Crippen LogP contribution in [0.5, 0.6) is 0 Å². The normalized spacial score (nSPS) is 15.9. The maximum Gasteiger partial charge on any atom is 0.265 e. The van der Waals surface area contributed by atoms with Crippen molar-refractivity contribution in [3.8, 4) is 0 Å². The smallest absolute Gasteiger partial charge is 0.265 e. The zero-order valence-electron chi connectivity index (χ0n) is 12.1. The Balaban J connectivity index is 2.09. The average Bonchev–Trinajstić information content (AvgIpc) is 2.48. The standard InChI is InChI=1S/C14H22N4O2/c1-3-12-9-11(10-13(16-12)15-4-2)14(19)17-18-5-7-20-8-6-18/h9-10H,3-8H2,1-2H3,(H,15,16)(H,17,19). The molecule has 1 aliphatic heterocycles. The summed E-state index contributed by atoms with van der Waals surface area (Å²) in [7, 11) is 0. The summed E-state index contributed by atoms with van der Waals surface area (Å²) in [5.74, 6) is 0.655. The van der Waals surface area contributed by atoms with Crippen LogP contribution in [0.2, 0.25) is 0 Å². The molecule has 0 atom stereocenters. The van der Waals surface area contributed by atoms with Gasteiger partial charge in [0.15, 0.2) is 0 Å². The van der Waals surface area contributed by atoms with Crippen LogP contribution >= 0.6 is 0 Å². The van der Waals surface area contributed by atoms with Gasteiger partial charge in [-0.05, 0) is 25.5 Å². The summed E-state index contributed by atoms with van der Waals surface area (Å²) in [6.45, 7) is 7.56. The summed E-state index contributed by atoms with van der Waals surface area (Å²) in [5.41, 5.74) is 4.47. The molecule has 0 aliphatic carbocycles. The van der Waals surface area contributed by atoms with Crippen molar-refractivity contribution in [3.05, 3.63) is 23.4 Å². The molecule has 0 radical (unpaired) electrons. The molecular weight excluding hydrogens is 256 g/mol. The summed E-state index contributed by atoms with van der Waals surface area (Å²) in [4.78, 5) is 16.7. The molecule has 1 aromatic rings. The van der Waals surface area contributed by atoms with Crippen molar-refractivity contribution in [3.63, 3.8) is 0 Å². The first-order valence-corrected chi connectivity index (χ1v) is 7.11. The molecular formula is C14H22N4O2. The number of aromatic nitrogens is 1. The van der Waals surface area contributed by atoms with Crippen LogP contribution in [0, 0.1) is 0 Å². The van der Waals surface area contributed by atoms with Crippen LogP contribution in [0.1, 0.15) is 29.9 Å². The van der Waals surface area contributed by atoms with Gasteiger partial charge in [-0.3, -0.25) is 10.2 Å². The second-order valence-electron chi connectivity index (χ2n) is 4.66. The Labute approximate surface area is 119 Å². The highest BCUT2D eigenvalue weighted by Gasteiger charge is 2.15. The van der Waals surface area contributed by atoms with Crippen molar-refractivity contribution in [2.75, 3.05) is 38.2 Å². The van der Waals surface area contributed by atoms with E-state index < -0.39 is 0 Å². The quantitative estimate of drug-likeness (QED) is 0.843. The Kier molecular flexibility index (Phi) is 5.31. The second kappa shape index (κ2) is 7.21. The third-order valence-corrected chi connectivity index (χ3v) is 3.13. The molecule has 0 spiro atoms. The van der Waals surface area contributed by atoms with Crippen molar-refractivity contribution in [2.24, 2.45) is 0 Å². The van der Waals surface area contributed by atoms with E-state index in [1.807, 2.05) is 24.9 Å². The number of hydrogen-bond acceptors (Lipinski definition) is 5. The number of nitrogens with one attached hydrogen (secondary N) is 2. The van der Waals surface area contributed by atoms with Crippen LogP contribution in [0.25, 0.3) is 0 Å². The molecule has 6 nitrogen and oxygen atoms in total. The highest BCUT2D eigenvalue weighted by Crippen LogP contribution is 2.11. The Morgan fingerprint density at radius 1 is 1.35 bits per heavy atom. The number of anilines is 1. The lowest BCUT2D eigenvalue weighted by atomic mass is 10.2. The molecule has 0 aromatic carbocycles. The number of hydrazine groups is 1. The van der Waals surface area contributed by atoms with E-state index in [0.29, 0.717) is 18.8 Å². The molecule has 0 unspecified atom stereocenters. The molecule has 1 saturated heterocycles. The Bertz CT molecular complexity index is 458. The summed E-state index contributed by atoms with van der Waals surface area (Å²) < 4.78 is 5.26. The van der Waals surface area contributed by atoms with Gasteiger partial charge in [0.1, 0.15) is 5.82 Å². The van der Waals surface area contributed by atoms with Gasteiger partial charge in [-0.15, -0.1) is 0 Å². The first kappa shape index (κ1) is 14.7. The minimum absolute atomic E-state index is 0.0943. The zero-order valence-corrected chi connectivity index (χ0v) is 12.1. The van der Waals surface area contributed by atoms with Gasteiger partial charge in [-0.25, -0.2) is 9.99 Å². The number of hydrogen-bond donors (Lipinski definition) is 2. The van der Waals surface area contributed by atoms with E-state index in [1.165, 1.54) is 0 Å². The predicted molar refractivity (Wildman–Crippen MR) is 77.6 cm³/mol. The number of pyridine rings is 1. The van der Waals surface area contributed by atoms with Crippen molar-refractivity contribution in [1.82, 2.24) is 15.4 Å². The molecule has 2 N–H and O–H groups in total. The van der Waals surface area contributed by atoms with Crippen LogP contribution in [0.4, 0.5) is 5.82 Å². The summed E-state index contributed by atoms with van der Waals surface area (Å²) in [6.07, 6.45) is 0.803. The third kappa shape index (κ3) is 3.91. The summed E-state index contributed by atoms with van der Waals surface area (Å²) >= 11 is 0. The van der Waals surface area contributed by atoms with Crippen molar-refractivity contribution in [2.45, 2.75) is 20.3 Å². The molecule has 1 fully saturated rings. The fraction of sp³-hybridized carbons (Fsp3) is 0.571. The summed E-state index contributed by atoms with van der Waals surface area (Å²) in [6, 6.07) is 3.63. The van der Waals surface area contributed by atoms with E-state index in [-0.39, 0.29) is 5.91 Å². The number of carbonyl (C=O) groups is 1. The van der Waals surface area contributed by atoms with Gasteiger partial charge < -0.3 is 10.1 Å². The van der Waals surface area contributed by atoms with Gasteiger partial charge in [-0.1, -0.05) is 6.92 Å². The Morgan fingerprint density at radius 3 is 2.75 bits per heavy atom. The minimum Gasteiger partial charge on any atom is -0.379 e. The first-order valence-electron chi connectivity index (χ1n) is 7.11. The van der Waals surface area contributed by atoms with E-state index >= 15 is 0 Å². The van der Waals surface area contributed by atoms with E-state index in [2.05, 4.69) is 15.7 Å². The van der Waals surface area contributed by atoms with Crippen LogP contribution < -0.4 is 10.7 Å². The van der Waals surface area contributed by atoms with E-state index in [9.17, 15) is 4.79 Å². The highest BCUT2D eigenvalue weighted by molar-refractivity contribution is 5.94. The predicted octanol–water partition coefficient (Wildman–Crippen LogP) is 1.05. The number of nitrogens with zero attached hydrogens (tertiary/aromatic N) is 2. The number of amides is 1. The van der Waals surface area contributed by atoms with Gasteiger partial charge in [0, 0.05) is 30.9 Å². The molecule has 2 heterocycles. The molecule has 6 heteroatoms. The number of rotatable bonds is 5. The van der Waals surface area contributed by atoms with Gasteiger partial charge in [0.05, 0.1) is 13.2 Å². The molecule has 2 rings (SSSR count). The fourth-order valence-electron chi connectivity index (χ4n) is 2.05. The molecule has 110 valence electrons. The SMILES string of the molecule is CCNc1cc(C(=O)NN2CCOCC2)cc(CC)n1. The highest BCUT2D eigenvalue weighted by atomic mass is 16.5. The van der Waals surface area contributed by atoms with E-state index in [4.69, 9.17) is 4.74 Å². The average molecular weight is 278 g/mol. The van der Waals surface area contributed by atoms with Gasteiger partial charge in [-0.2, -0.15) is 0 Å². The minimum atomic E-state index is -0.0943. The Hall–Kier alpha value is -1.66. The second-order valence-corrected chi connectivity index (χ2v) is 4.66. The lowest BCUT2D eigenvalue weighted by molar-refractivity contribution is 0.0126. The zero-order chi connectivity index (χ0) is 14.4. The molecule has 1 aliphatic rings. The van der Waals surface area contributed by atoms with E-state index in [0.717, 1.165) is 37.6 Å². The topological polar surface area (TPSA) is 66.5 Å². The van der Waals surface area contributed by atoms with Crippen LogP contribution in [0.3, 0.4) is 0 Å². The lowest BCUT2D eigenvalue weighted by Crippen LogP contribution is -2.48. The summed E-state index contributed by atoms with van der Waals surface area (Å²) in [5, 5.41) is 5.05. The number of ether oxygens (including phenoxy) is 1. The van der Waals surface area contributed by atoms with Crippen LogP contribution in [0.15, 0.2) is 12.1 Å². The number of aryl methyl sites for hydroxylation is 1. The molecule has 1 amide bonds. The molecule has 1 aromatic heterocycles. The first-order chi connectivity index (χ1) is 9.72. The fourth-order valence-corrected chi connectivity index (χ4v) is 2.05. The van der Waals surface area contributed by atoms with E-state index in [1.54, 1.807) is 6.07 Å². The molecule has 0 saturated carbocycles. The monoisotopic (exact) mass is 278 g/mol. The van der Waals surface area contributed by atoms with Gasteiger partial charge in [0.2, 0.25) is 0 Å². The van der Waals surface area contributed by atoms with Gasteiger partial charge in [0.25, 0.3) is 5.91 Å². The maximum absolute atomic E-state index is 12.3. The number of morpholine rings is 1. The van der Waals surface area contributed by atoms with Crippen molar-refractivity contribution >= 4 is 11.7 Å². The van der Waals surface area contributed by atoms with Crippen molar-refractivity contribution < 1.29 is 9.53 Å².